The summed E-state index contributed by atoms with van der Waals surface area (Å²) in [7, 11) is -2.27. The van der Waals surface area contributed by atoms with Gasteiger partial charge in [0.15, 0.2) is 0 Å². The number of nitrogens with one attached hydrogen (secondary N) is 1. The van der Waals surface area contributed by atoms with Gasteiger partial charge >= 0.3 is 0 Å². The maximum atomic E-state index is 12.8. The monoisotopic (exact) mass is 374 g/mol. The molecule has 1 heterocycles. The van der Waals surface area contributed by atoms with Crippen LogP contribution in [0, 0.1) is 6.92 Å². The van der Waals surface area contributed by atoms with E-state index >= 15 is 0 Å². The third-order valence-electron chi connectivity index (χ3n) is 4.46. The first-order valence-electron chi connectivity index (χ1n) is 8.40. The van der Waals surface area contributed by atoms with E-state index in [1.165, 1.54) is 20.1 Å². The maximum Gasteiger partial charge on any atom is 0.262 e. The van der Waals surface area contributed by atoms with Crippen LogP contribution in [0.1, 0.15) is 24.5 Å². The molecule has 0 fully saturated rings. The Hall–Kier alpha value is -2.54. The van der Waals surface area contributed by atoms with Gasteiger partial charge < -0.3 is 9.64 Å². The number of sulfonamides is 1. The summed E-state index contributed by atoms with van der Waals surface area (Å²) in [5.41, 5.74) is 2.97. The minimum atomic E-state index is -3.77. The number of ether oxygens (including phenoxy) is 1. The van der Waals surface area contributed by atoms with Crippen molar-refractivity contribution in [2.45, 2.75) is 31.6 Å². The highest BCUT2D eigenvalue weighted by Crippen LogP contribution is 2.32. The number of methoxy groups -OCH3 is 1. The predicted octanol–water partition coefficient (Wildman–Crippen LogP) is 3.10. The Labute approximate surface area is 153 Å². The molecule has 0 unspecified atom stereocenters. The summed E-state index contributed by atoms with van der Waals surface area (Å²) in [5.74, 6) is 0.420. The number of nitrogens with zero attached hydrogens (tertiary/aromatic N) is 1. The molecule has 0 saturated heterocycles. The van der Waals surface area contributed by atoms with Crippen molar-refractivity contribution in [3.8, 4) is 5.75 Å². The van der Waals surface area contributed by atoms with Gasteiger partial charge in [-0.25, -0.2) is 8.42 Å². The van der Waals surface area contributed by atoms with Crippen molar-refractivity contribution in [1.29, 1.82) is 0 Å². The lowest BCUT2D eigenvalue weighted by molar-refractivity contribution is -0.116. The van der Waals surface area contributed by atoms with Crippen molar-refractivity contribution in [1.82, 2.24) is 0 Å². The lowest BCUT2D eigenvalue weighted by atomic mass is 10.0. The summed E-state index contributed by atoms with van der Waals surface area (Å²) >= 11 is 0. The molecule has 6 nitrogen and oxygen atoms in total. The molecular weight excluding hydrogens is 352 g/mol. The largest absolute Gasteiger partial charge is 0.495 e. The highest BCUT2D eigenvalue weighted by Gasteiger charge is 2.23. The van der Waals surface area contributed by atoms with Gasteiger partial charge in [0.1, 0.15) is 5.75 Å². The summed E-state index contributed by atoms with van der Waals surface area (Å²) in [6.45, 7) is 4.06. The lowest BCUT2D eigenvalue weighted by Crippen LogP contribution is -2.33. The fourth-order valence-corrected chi connectivity index (χ4v) is 4.28. The van der Waals surface area contributed by atoms with Crippen LogP contribution in [0.3, 0.4) is 0 Å². The van der Waals surface area contributed by atoms with Crippen molar-refractivity contribution in [3.05, 3.63) is 47.5 Å². The zero-order valence-electron chi connectivity index (χ0n) is 15.1. The highest BCUT2D eigenvalue weighted by molar-refractivity contribution is 7.92. The van der Waals surface area contributed by atoms with Crippen LogP contribution in [0.15, 0.2) is 41.3 Å². The van der Waals surface area contributed by atoms with Crippen LogP contribution in [0.2, 0.25) is 0 Å². The van der Waals surface area contributed by atoms with Gasteiger partial charge in [0.05, 0.1) is 17.7 Å². The molecule has 1 aliphatic heterocycles. The number of aryl methyl sites for hydroxylation is 2. The SMILES string of the molecule is COc1ccc(C)cc1NS(=O)(=O)c1ccc2c(c1)CCCN2C(C)=O. The van der Waals surface area contributed by atoms with Gasteiger partial charge in [-0.05, 0) is 61.2 Å². The number of fused-ring (bicyclic) bond motifs is 1. The molecule has 0 spiro atoms. The first kappa shape index (κ1) is 18.3. The first-order valence-corrected chi connectivity index (χ1v) is 9.88. The molecule has 26 heavy (non-hydrogen) atoms. The average Bonchev–Trinajstić information content (AvgIpc) is 2.60. The number of carbonyl (C=O) groups is 1. The van der Waals surface area contributed by atoms with Crippen molar-refractivity contribution < 1.29 is 17.9 Å². The number of benzene rings is 2. The van der Waals surface area contributed by atoms with Gasteiger partial charge in [-0.1, -0.05) is 6.07 Å². The summed E-state index contributed by atoms with van der Waals surface area (Å²) in [5, 5.41) is 0. The minimum Gasteiger partial charge on any atom is -0.495 e. The van der Waals surface area contributed by atoms with Gasteiger partial charge in [0.2, 0.25) is 5.91 Å². The molecule has 138 valence electrons. The summed E-state index contributed by atoms with van der Waals surface area (Å²) < 4.78 is 33.5. The maximum absolute atomic E-state index is 12.8. The number of rotatable bonds is 4. The molecule has 2 aromatic carbocycles. The second-order valence-corrected chi connectivity index (χ2v) is 8.06. The van der Waals surface area contributed by atoms with Crippen LogP contribution < -0.4 is 14.4 Å². The Morgan fingerprint density at radius 2 is 1.96 bits per heavy atom. The van der Waals surface area contributed by atoms with Gasteiger partial charge in [-0.3, -0.25) is 9.52 Å². The Kier molecular flexibility index (Phi) is 4.91. The molecule has 3 rings (SSSR count). The molecule has 1 aliphatic rings. The molecule has 0 saturated carbocycles. The molecular formula is C19H22N2O4S. The third kappa shape index (κ3) is 3.53. The Morgan fingerprint density at radius 3 is 2.65 bits per heavy atom. The van der Waals surface area contributed by atoms with Crippen molar-refractivity contribution in [2.24, 2.45) is 0 Å². The average molecular weight is 374 g/mol. The summed E-state index contributed by atoms with van der Waals surface area (Å²) in [6.07, 6.45) is 1.56. The van der Waals surface area contributed by atoms with Crippen LogP contribution in [0.5, 0.6) is 5.75 Å². The molecule has 0 aliphatic carbocycles. The van der Waals surface area contributed by atoms with Crippen molar-refractivity contribution in [3.63, 3.8) is 0 Å². The smallest absolute Gasteiger partial charge is 0.262 e. The number of amides is 1. The predicted molar refractivity (Wildman–Crippen MR) is 101 cm³/mol. The second-order valence-electron chi connectivity index (χ2n) is 6.37. The van der Waals surface area contributed by atoms with Crippen molar-refractivity contribution in [2.75, 3.05) is 23.3 Å². The standard InChI is InChI=1S/C19H22N2O4S/c1-13-6-9-19(25-3)17(11-13)20-26(23,24)16-7-8-18-15(12-16)5-4-10-21(18)14(2)22/h6-9,11-12,20H,4-5,10H2,1-3H3. The van der Waals surface area contributed by atoms with Crippen LogP contribution in [-0.4, -0.2) is 28.0 Å². The van der Waals surface area contributed by atoms with Crippen LogP contribution >= 0.6 is 0 Å². The minimum absolute atomic E-state index is 0.0378. The topological polar surface area (TPSA) is 75.7 Å². The van der Waals surface area contributed by atoms with Gasteiger partial charge in [0.25, 0.3) is 10.0 Å². The second kappa shape index (κ2) is 6.99. The van der Waals surface area contributed by atoms with Crippen LogP contribution in [-0.2, 0) is 21.2 Å². The highest BCUT2D eigenvalue weighted by atomic mass is 32.2. The van der Waals surface area contributed by atoms with E-state index in [0.29, 0.717) is 18.0 Å². The molecule has 0 radical (unpaired) electrons. The number of anilines is 2. The lowest BCUT2D eigenvalue weighted by Gasteiger charge is -2.28. The quantitative estimate of drug-likeness (QED) is 0.892. The van der Waals surface area contributed by atoms with Gasteiger partial charge in [-0.2, -0.15) is 0 Å². The number of carbonyl (C=O) groups excluding carboxylic acids is 1. The number of hydrogen-bond acceptors (Lipinski definition) is 4. The molecule has 0 atom stereocenters. The number of hydrogen-bond donors (Lipinski definition) is 1. The fraction of sp³-hybridized carbons (Fsp3) is 0.316. The summed E-state index contributed by atoms with van der Waals surface area (Å²) in [6, 6.07) is 10.2. The van der Waals surface area contributed by atoms with E-state index in [0.717, 1.165) is 29.7 Å². The van der Waals surface area contributed by atoms with Crippen LogP contribution in [0.25, 0.3) is 0 Å². The molecule has 0 aromatic heterocycles. The molecule has 2 aromatic rings. The van der Waals surface area contributed by atoms with Crippen molar-refractivity contribution >= 4 is 27.3 Å². The van der Waals surface area contributed by atoms with E-state index < -0.39 is 10.0 Å². The van der Waals surface area contributed by atoms with E-state index in [4.69, 9.17) is 4.74 Å². The Balaban J connectivity index is 1.96. The van der Waals surface area contributed by atoms with E-state index in [9.17, 15) is 13.2 Å². The molecule has 1 amide bonds. The molecule has 1 N–H and O–H groups in total. The van der Waals surface area contributed by atoms with Crippen LogP contribution in [0.4, 0.5) is 11.4 Å². The fourth-order valence-electron chi connectivity index (χ4n) is 3.17. The Morgan fingerprint density at radius 1 is 1.19 bits per heavy atom. The Bertz CT molecular complexity index is 954. The first-order chi connectivity index (χ1) is 12.3. The molecule has 0 bridgehead atoms. The summed E-state index contributed by atoms with van der Waals surface area (Å²) in [4.78, 5) is 13.6. The normalized spacial score (nSPS) is 13.9. The van der Waals surface area contributed by atoms with Gasteiger partial charge in [-0.15, -0.1) is 0 Å². The molecule has 7 heteroatoms. The van der Waals surface area contributed by atoms with E-state index in [-0.39, 0.29) is 10.8 Å². The van der Waals surface area contributed by atoms with E-state index in [1.54, 1.807) is 29.2 Å². The van der Waals surface area contributed by atoms with E-state index in [1.807, 2.05) is 13.0 Å². The van der Waals surface area contributed by atoms with Gasteiger partial charge in [0, 0.05) is 19.2 Å². The zero-order chi connectivity index (χ0) is 18.9. The third-order valence-corrected chi connectivity index (χ3v) is 5.82. The zero-order valence-corrected chi connectivity index (χ0v) is 15.9. The van der Waals surface area contributed by atoms with E-state index in [2.05, 4.69) is 4.72 Å².